The maximum Gasteiger partial charge on any atom is 0.267 e. The van der Waals surface area contributed by atoms with Crippen molar-refractivity contribution in [2.45, 2.75) is 11.7 Å². The number of hydrazine groups is 1. The molecule has 2 aromatic carbocycles. The molecule has 1 atom stereocenters. The summed E-state index contributed by atoms with van der Waals surface area (Å²) in [5, 5.41) is 1.46. The van der Waals surface area contributed by atoms with Crippen LogP contribution in [-0.4, -0.2) is 15.2 Å². The molecule has 0 spiro atoms. The molecule has 1 N–H and O–H groups in total. The normalized spacial score (nSPS) is 21.7. The van der Waals surface area contributed by atoms with Crippen molar-refractivity contribution in [2.24, 2.45) is 0 Å². The first-order valence-corrected chi connectivity index (χ1v) is 7.78. The summed E-state index contributed by atoms with van der Waals surface area (Å²) >= 11 is 6.77. The maximum absolute atomic E-state index is 12.8. The Morgan fingerprint density at radius 1 is 1.05 bits per heavy atom. The number of thioether (sulfide) groups is 1. The number of para-hydroxylation sites is 1. The van der Waals surface area contributed by atoms with Crippen LogP contribution in [0.3, 0.4) is 0 Å². The highest BCUT2D eigenvalue weighted by molar-refractivity contribution is 8.24. The number of nitrogens with one attached hydrogen (secondary N) is 1. The van der Waals surface area contributed by atoms with Crippen molar-refractivity contribution in [3.63, 3.8) is 0 Å². The van der Waals surface area contributed by atoms with E-state index in [1.807, 2.05) is 67.6 Å². The molecule has 106 valence electrons. The summed E-state index contributed by atoms with van der Waals surface area (Å²) in [6, 6.07) is 19.3. The van der Waals surface area contributed by atoms with Gasteiger partial charge in [-0.15, -0.1) is 0 Å². The molecule has 1 amide bonds. The first-order chi connectivity index (χ1) is 10.1. The van der Waals surface area contributed by atoms with Gasteiger partial charge < -0.3 is 0 Å². The summed E-state index contributed by atoms with van der Waals surface area (Å²) in [6.07, 6.45) is 0. The Morgan fingerprint density at radius 2 is 1.62 bits per heavy atom. The molecule has 1 aliphatic rings. The summed E-state index contributed by atoms with van der Waals surface area (Å²) in [6.45, 7) is 1.91. The summed E-state index contributed by atoms with van der Waals surface area (Å²) in [7, 11) is 0. The van der Waals surface area contributed by atoms with Crippen LogP contribution >= 0.6 is 24.0 Å². The molecular formula is C16H14N2OS2. The zero-order chi connectivity index (χ0) is 14.9. The van der Waals surface area contributed by atoms with Crippen LogP contribution in [0.4, 0.5) is 5.69 Å². The fourth-order valence-electron chi connectivity index (χ4n) is 2.24. The third-order valence-corrected chi connectivity index (χ3v) is 5.03. The van der Waals surface area contributed by atoms with Gasteiger partial charge >= 0.3 is 0 Å². The topological polar surface area (TPSA) is 32.3 Å². The fourth-order valence-corrected chi connectivity index (χ4v) is 3.87. The molecule has 3 nitrogen and oxygen atoms in total. The Morgan fingerprint density at radius 3 is 2.24 bits per heavy atom. The van der Waals surface area contributed by atoms with E-state index in [1.165, 1.54) is 16.8 Å². The van der Waals surface area contributed by atoms with Crippen molar-refractivity contribution in [2.75, 3.05) is 5.43 Å². The molecule has 0 radical (unpaired) electrons. The molecule has 21 heavy (non-hydrogen) atoms. The quantitative estimate of drug-likeness (QED) is 0.874. The molecular weight excluding hydrogens is 300 g/mol. The Balaban J connectivity index is 1.89. The SMILES string of the molecule is CC1(c2ccccc2)SC(=S)N(Nc2ccccc2)C1=O. The van der Waals surface area contributed by atoms with Crippen molar-refractivity contribution in [1.29, 1.82) is 0 Å². The van der Waals surface area contributed by atoms with Crippen LogP contribution in [0, 0.1) is 0 Å². The molecule has 3 rings (SSSR count). The van der Waals surface area contributed by atoms with Crippen molar-refractivity contribution in [3.05, 3.63) is 66.2 Å². The molecule has 0 aromatic heterocycles. The maximum atomic E-state index is 12.8. The van der Waals surface area contributed by atoms with Gasteiger partial charge in [-0.25, -0.2) is 5.01 Å². The number of nitrogens with zero attached hydrogens (tertiary/aromatic N) is 1. The monoisotopic (exact) mass is 314 g/mol. The minimum atomic E-state index is -0.680. The van der Waals surface area contributed by atoms with Gasteiger partial charge in [-0.3, -0.25) is 10.2 Å². The predicted molar refractivity (Wildman–Crippen MR) is 90.9 cm³/mol. The van der Waals surface area contributed by atoms with E-state index in [0.29, 0.717) is 4.32 Å². The fraction of sp³-hybridized carbons (Fsp3) is 0.125. The lowest BCUT2D eigenvalue weighted by Gasteiger charge is -2.22. The summed E-state index contributed by atoms with van der Waals surface area (Å²) in [5.41, 5.74) is 4.88. The highest BCUT2D eigenvalue weighted by Crippen LogP contribution is 2.45. The van der Waals surface area contributed by atoms with Crippen molar-refractivity contribution in [3.8, 4) is 0 Å². The van der Waals surface area contributed by atoms with Gasteiger partial charge in [0.05, 0.1) is 5.69 Å². The Bertz CT molecular complexity index is 675. The van der Waals surface area contributed by atoms with E-state index >= 15 is 0 Å². The van der Waals surface area contributed by atoms with E-state index in [0.717, 1.165) is 11.3 Å². The number of thiocarbonyl (C=S) groups is 1. The lowest BCUT2D eigenvalue weighted by molar-refractivity contribution is -0.127. The lowest BCUT2D eigenvalue weighted by Crippen LogP contribution is -2.39. The molecule has 1 heterocycles. The third kappa shape index (κ3) is 2.54. The predicted octanol–water partition coefficient (Wildman–Crippen LogP) is 3.79. The van der Waals surface area contributed by atoms with Gasteiger partial charge in [0.25, 0.3) is 5.91 Å². The Hall–Kier alpha value is -1.85. The molecule has 2 aromatic rings. The summed E-state index contributed by atoms with van der Waals surface area (Å²) in [4.78, 5) is 12.8. The Labute approximate surface area is 133 Å². The number of amides is 1. The largest absolute Gasteiger partial charge is 0.290 e. The number of rotatable bonds is 3. The molecule has 1 aliphatic heterocycles. The number of benzene rings is 2. The van der Waals surface area contributed by atoms with Gasteiger partial charge in [0, 0.05) is 0 Å². The van der Waals surface area contributed by atoms with Crippen molar-refractivity contribution < 1.29 is 4.79 Å². The molecule has 0 aliphatic carbocycles. The standard InChI is InChI=1S/C16H14N2OS2/c1-16(12-8-4-2-5-9-12)14(19)18(15(20)21-16)17-13-10-6-3-7-11-13/h2-11,17H,1H3. The molecule has 0 saturated carbocycles. The number of anilines is 1. The van der Waals surface area contributed by atoms with E-state index < -0.39 is 4.75 Å². The number of hydrogen-bond acceptors (Lipinski definition) is 4. The van der Waals surface area contributed by atoms with E-state index in [1.54, 1.807) is 0 Å². The number of carbonyl (C=O) groups is 1. The summed E-state index contributed by atoms with van der Waals surface area (Å²) in [5.74, 6) is -0.0486. The zero-order valence-electron chi connectivity index (χ0n) is 11.4. The molecule has 0 bridgehead atoms. The second-order valence-corrected chi connectivity index (χ2v) is 6.94. The molecule has 1 fully saturated rings. The first-order valence-electron chi connectivity index (χ1n) is 6.56. The minimum absolute atomic E-state index is 0.0486. The average molecular weight is 314 g/mol. The molecule has 1 unspecified atom stereocenters. The van der Waals surface area contributed by atoms with Crippen LogP contribution in [0.1, 0.15) is 12.5 Å². The number of hydrogen-bond donors (Lipinski definition) is 1. The van der Waals surface area contributed by atoms with E-state index in [4.69, 9.17) is 12.2 Å². The van der Waals surface area contributed by atoms with Crippen LogP contribution in [0.15, 0.2) is 60.7 Å². The van der Waals surface area contributed by atoms with Gasteiger partial charge in [-0.1, -0.05) is 72.5 Å². The summed E-state index contributed by atoms with van der Waals surface area (Å²) < 4.78 is -0.143. The van der Waals surface area contributed by atoms with Crippen LogP contribution in [0.2, 0.25) is 0 Å². The molecule has 5 heteroatoms. The van der Waals surface area contributed by atoms with Gasteiger partial charge in [0.1, 0.15) is 4.75 Å². The smallest absolute Gasteiger partial charge is 0.267 e. The lowest BCUT2D eigenvalue weighted by atomic mass is 9.99. The second kappa shape index (κ2) is 5.50. The van der Waals surface area contributed by atoms with E-state index in [2.05, 4.69) is 5.43 Å². The highest BCUT2D eigenvalue weighted by Gasteiger charge is 2.48. The third-order valence-electron chi connectivity index (χ3n) is 3.42. The first kappa shape index (κ1) is 14.1. The Kier molecular flexibility index (Phi) is 3.69. The van der Waals surface area contributed by atoms with Gasteiger partial charge in [-0.05, 0) is 24.6 Å². The van der Waals surface area contributed by atoms with Crippen molar-refractivity contribution in [1.82, 2.24) is 5.01 Å². The van der Waals surface area contributed by atoms with Gasteiger partial charge in [0.2, 0.25) is 0 Å². The minimum Gasteiger partial charge on any atom is -0.290 e. The molecule has 1 saturated heterocycles. The number of carbonyl (C=O) groups excluding carboxylic acids is 1. The van der Waals surface area contributed by atoms with Crippen LogP contribution in [-0.2, 0) is 9.54 Å². The van der Waals surface area contributed by atoms with Gasteiger partial charge in [-0.2, -0.15) is 0 Å². The van der Waals surface area contributed by atoms with Gasteiger partial charge in [0.15, 0.2) is 4.32 Å². The zero-order valence-corrected chi connectivity index (χ0v) is 13.1. The highest BCUT2D eigenvalue weighted by atomic mass is 32.2. The van der Waals surface area contributed by atoms with E-state index in [-0.39, 0.29) is 5.91 Å². The van der Waals surface area contributed by atoms with Crippen LogP contribution in [0.25, 0.3) is 0 Å². The van der Waals surface area contributed by atoms with Crippen molar-refractivity contribution >= 4 is 39.9 Å². The average Bonchev–Trinajstić information content (AvgIpc) is 2.74. The van der Waals surface area contributed by atoms with Crippen LogP contribution < -0.4 is 5.43 Å². The van der Waals surface area contributed by atoms with Crippen LogP contribution in [0.5, 0.6) is 0 Å². The second-order valence-electron chi connectivity index (χ2n) is 4.89. The van der Waals surface area contributed by atoms with E-state index in [9.17, 15) is 4.79 Å².